The smallest absolute Gasteiger partial charge is 0.283 e. The van der Waals surface area contributed by atoms with Crippen LogP contribution < -0.4 is 15.1 Å². The lowest BCUT2D eigenvalue weighted by Gasteiger charge is -2.35. The van der Waals surface area contributed by atoms with Gasteiger partial charge in [0.25, 0.3) is 23.6 Å². The zero-order valence-corrected chi connectivity index (χ0v) is 37.3. The average Bonchev–Trinajstić information content (AvgIpc) is 3.56. The molecule has 5 aliphatic rings. The lowest BCUT2D eigenvalue weighted by Crippen LogP contribution is -2.52. The minimum Gasteiger partial charge on any atom is -0.361 e. The highest BCUT2D eigenvalue weighted by Crippen LogP contribution is 2.47. The van der Waals surface area contributed by atoms with Gasteiger partial charge in [-0.3, -0.25) is 19.2 Å². The van der Waals surface area contributed by atoms with Crippen molar-refractivity contribution >= 4 is 102 Å². The number of para-hydroxylation sites is 2. The number of hydrogen-bond donors (Lipinski definition) is 3. The highest BCUT2D eigenvalue weighted by molar-refractivity contribution is 6.55. The normalized spacial score (nSPS) is 19.2. The van der Waals surface area contributed by atoms with Crippen molar-refractivity contribution in [1.82, 2.24) is 45.2 Å². The highest BCUT2D eigenvalue weighted by atomic mass is 35.5. The van der Waals surface area contributed by atoms with Crippen molar-refractivity contribution in [2.45, 2.75) is 32.2 Å². The number of H-pyrrole nitrogens is 2. The number of piperazine rings is 2. The number of nitrogens with zero attached hydrogens (tertiary/aromatic N) is 8. The van der Waals surface area contributed by atoms with Gasteiger partial charge >= 0.3 is 0 Å². The topological polar surface area (TPSA) is 167 Å². The Morgan fingerprint density at radius 2 is 1.27 bits per heavy atom. The molecular formula is C50H44ClN11O4. The first-order valence-electron chi connectivity index (χ1n) is 22.3. The summed E-state index contributed by atoms with van der Waals surface area (Å²) in [4.78, 5) is 90.4. The van der Waals surface area contributed by atoms with E-state index in [2.05, 4.69) is 25.1 Å². The van der Waals surface area contributed by atoms with Crippen LogP contribution in [-0.2, 0) is 19.2 Å². The Kier molecular flexibility index (Phi) is 9.11. The van der Waals surface area contributed by atoms with E-state index in [0.29, 0.717) is 79.9 Å². The summed E-state index contributed by atoms with van der Waals surface area (Å²) in [7, 11) is 2.04. The number of hydrogen-bond acceptors (Lipinski definition) is 11. The second-order valence-corrected chi connectivity index (χ2v) is 18.4. The van der Waals surface area contributed by atoms with Crippen molar-refractivity contribution < 1.29 is 19.2 Å². The lowest BCUT2D eigenvalue weighted by atomic mass is 9.95. The Balaban J connectivity index is 1.05. The summed E-state index contributed by atoms with van der Waals surface area (Å²) in [6.45, 7) is 8.70. The Morgan fingerprint density at radius 1 is 0.636 bits per heavy atom. The first-order valence-corrected chi connectivity index (χ1v) is 22.7. The first kappa shape index (κ1) is 40.3. The predicted molar refractivity (Wildman–Crippen MR) is 254 cm³/mol. The molecule has 0 atom stereocenters. The number of likely N-dealkylation sites (N-methyl/N-ethyl adjacent to an activating group) is 1. The third-order valence-corrected chi connectivity index (χ3v) is 14.4. The first-order chi connectivity index (χ1) is 32.0. The largest absolute Gasteiger partial charge is 0.361 e. The van der Waals surface area contributed by atoms with Crippen LogP contribution in [0.5, 0.6) is 0 Å². The molecule has 330 valence electrons. The number of aromatic nitrogens is 5. The van der Waals surface area contributed by atoms with Gasteiger partial charge in [0.2, 0.25) is 5.95 Å². The van der Waals surface area contributed by atoms with Crippen LogP contribution in [0.3, 0.4) is 0 Å². The molecule has 12 rings (SSSR count). The van der Waals surface area contributed by atoms with Crippen LogP contribution in [0.25, 0.3) is 54.9 Å². The van der Waals surface area contributed by atoms with Crippen LogP contribution in [0, 0.1) is 13.8 Å². The minimum atomic E-state index is -0.927. The lowest BCUT2D eigenvalue weighted by molar-refractivity contribution is -0.168. The summed E-state index contributed by atoms with van der Waals surface area (Å²) in [5.41, 5.74) is 3.79. The van der Waals surface area contributed by atoms with Gasteiger partial charge in [-0.2, -0.15) is 10.0 Å². The van der Waals surface area contributed by atoms with Crippen molar-refractivity contribution in [3.8, 4) is 0 Å². The van der Waals surface area contributed by atoms with Gasteiger partial charge in [0, 0.05) is 102 Å². The molecule has 1 spiro atoms. The monoisotopic (exact) mass is 897 g/mol. The van der Waals surface area contributed by atoms with Gasteiger partial charge in [0.05, 0.1) is 38.7 Å². The summed E-state index contributed by atoms with van der Waals surface area (Å²) in [5.74, 6) is -2.50. The second kappa shape index (κ2) is 14.9. The number of rotatable bonds is 7. The average molecular weight is 898 g/mol. The molecule has 4 amide bonds. The zero-order chi connectivity index (χ0) is 45.2. The number of aromatic amines is 2. The van der Waals surface area contributed by atoms with Gasteiger partial charge in [-0.1, -0.05) is 72.3 Å². The van der Waals surface area contributed by atoms with Crippen molar-refractivity contribution in [2.75, 3.05) is 62.7 Å². The fourth-order valence-corrected chi connectivity index (χ4v) is 10.3. The fourth-order valence-electron chi connectivity index (χ4n) is 10.2. The Bertz CT molecular complexity index is 3360. The van der Waals surface area contributed by atoms with Crippen LogP contribution in [0.15, 0.2) is 85.2 Å². The number of nitrogens with one attached hydrogen (secondary N) is 3. The van der Waals surface area contributed by atoms with Crippen molar-refractivity contribution in [2.24, 2.45) is 0 Å². The van der Waals surface area contributed by atoms with E-state index in [9.17, 15) is 0 Å². The van der Waals surface area contributed by atoms with Crippen molar-refractivity contribution in [1.29, 1.82) is 0 Å². The maximum Gasteiger partial charge on any atom is 0.283 e. The number of halogens is 1. The summed E-state index contributed by atoms with van der Waals surface area (Å²) in [5, 5.41) is 7.92. The SMILES string of the molecule is Cc1nc(N2CCN(C)CC2)nc(C2=C(c3c[nH]c4ccccc34)C(=O)N(N3C(=O)C(c4nc(N5CCNC6(CC6)C5)cc5ccccc45)=C(c4c[nH]c5c(C)cccc45)C3=O)C2=O)c1Cl. The van der Waals surface area contributed by atoms with E-state index >= 15 is 19.2 Å². The summed E-state index contributed by atoms with van der Waals surface area (Å²) < 4.78 is 0. The Labute approximate surface area is 383 Å². The van der Waals surface area contributed by atoms with Gasteiger partial charge in [-0.15, -0.1) is 0 Å². The number of carbonyl (C=O) groups is 4. The van der Waals surface area contributed by atoms with Crippen LogP contribution >= 0.6 is 11.6 Å². The number of benzene rings is 3. The number of hydrazine groups is 1. The number of amides is 4. The van der Waals surface area contributed by atoms with Gasteiger partial charge in [0.1, 0.15) is 11.5 Å². The number of fused-ring (bicyclic) bond motifs is 3. The molecule has 15 nitrogen and oxygen atoms in total. The van der Waals surface area contributed by atoms with Gasteiger partial charge < -0.3 is 30.0 Å². The predicted octanol–water partition coefficient (Wildman–Crippen LogP) is 6.13. The van der Waals surface area contributed by atoms with E-state index in [4.69, 9.17) is 26.6 Å². The van der Waals surface area contributed by atoms with Crippen LogP contribution in [0.1, 0.15) is 46.6 Å². The molecule has 0 bridgehead atoms. The molecular weight excluding hydrogens is 854 g/mol. The molecule has 1 aliphatic carbocycles. The van der Waals surface area contributed by atoms with Gasteiger partial charge in [-0.25, -0.2) is 15.0 Å². The van der Waals surface area contributed by atoms with E-state index in [-0.39, 0.29) is 44.2 Å². The Morgan fingerprint density at radius 3 is 2.02 bits per heavy atom. The minimum absolute atomic E-state index is 0.0154. The molecule has 0 radical (unpaired) electrons. The standard InChI is InChI=1S/C50H44ClN11O4/c1-27-9-8-13-32-34(25-53-42(27)32)38-39(43-30-11-5-4-10-29(30)23-36(56-43)60-18-17-54-50(26-60)15-16-50)47(65)61(46(38)64)62-45(63)37(33-24-52-35-14-7-6-12-31(33)35)40(48(62)66)44-41(51)28(2)55-49(57-44)59-21-19-58(3)20-22-59/h4-14,23-25,52-54H,15-22,26H2,1-3H3. The van der Waals surface area contributed by atoms with E-state index in [1.165, 1.54) is 0 Å². The summed E-state index contributed by atoms with van der Waals surface area (Å²) in [6, 6.07) is 22.8. The molecule has 1 saturated carbocycles. The number of pyridine rings is 1. The van der Waals surface area contributed by atoms with Gasteiger partial charge in [0.15, 0.2) is 0 Å². The highest BCUT2D eigenvalue weighted by Gasteiger charge is 2.54. The molecule has 2 saturated heterocycles. The molecule has 3 aromatic carbocycles. The third kappa shape index (κ3) is 6.13. The van der Waals surface area contributed by atoms with Crippen LogP contribution in [0.2, 0.25) is 5.02 Å². The molecule has 7 aromatic rings. The number of anilines is 2. The zero-order valence-electron chi connectivity index (χ0n) is 36.5. The van der Waals surface area contributed by atoms with E-state index in [1.807, 2.05) is 91.7 Å². The maximum atomic E-state index is 15.7. The van der Waals surface area contributed by atoms with Crippen LogP contribution in [0.4, 0.5) is 11.8 Å². The summed E-state index contributed by atoms with van der Waals surface area (Å²) in [6.07, 6.45) is 5.48. The summed E-state index contributed by atoms with van der Waals surface area (Å²) >= 11 is 7.10. The molecule has 4 aromatic heterocycles. The molecule has 3 N–H and O–H groups in total. The number of aryl methyl sites for hydroxylation is 2. The second-order valence-electron chi connectivity index (χ2n) is 18.0. The van der Waals surface area contributed by atoms with E-state index < -0.39 is 23.6 Å². The van der Waals surface area contributed by atoms with Crippen molar-refractivity contribution in [3.63, 3.8) is 0 Å². The molecule has 0 unspecified atom stereocenters. The third-order valence-electron chi connectivity index (χ3n) is 13.9. The van der Waals surface area contributed by atoms with Gasteiger partial charge in [-0.05, 0) is 56.8 Å². The maximum absolute atomic E-state index is 15.7. The molecule has 4 aliphatic heterocycles. The molecule has 8 heterocycles. The fraction of sp³-hybridized carbons (Fsp3) is 0.260. The number of imide groups is 2. The number of carbonyl (C=O) groups excluding carboxylic acids is 4. The van der Waals surface area contributed by atoms with E-state index in [0.717, 1.165) is 55.5 Å². The quantitative estimate of drug-likeness (QED) is 0.158. The van der Waals surface area contributed by atoms with Crippen LogP contribution in [-0.4, -0.2) is 122 Å². The Hall–Kier alpha value is -7.20. The molecule has 66 heavy (non-hydrogen) atoms. The van der Waals surface area contributed by atoms with E-state index in [1.54, 1.807) is 19.3 Å². The molecule has 3 fully saturated rings. The van der Waals surface area contributed by atoms with Crippen molar-refractivity contribution in [3.05, 3.63) is 124 Å². The molecule has 16 heteroatoms.